The first-order valence-corrected chi connectivity index (χ1v) is 6.86. The average Bonchev–Trinajstić information content (AvgIpc) is 2.25. The van der Waals surface area contributed by atoms with E-state index in [-0.39, 0.29) is 0 Å². The predicted octanol–water partition coefficient (Wildman–Crippen LogP) is 1.28. The van der Waals surface area contributed by atoms with Crippen molar-refractivity contribution in [2.45, 2.75) is 57.2 Å². The van der Waals surface area contributed by atoms with E-state index in [2.05, 4.69) is 23.8 Å². The van der Waals surface area contributed by atoms with Crippen LogP contribution in [-0.4, -0.2) is 54.6 Å². The Kier molecular flexibility index (Phi) is 4.22. The van der Waals surface area contributed by atoms with Gasteiger partial charge in [0.15, 0.2) is 0 Å². The molecule has 2 aliphatic heterocycles. The smallest absolute Gasteiger partial charge is 0.0220 e. The van der Waals surface area contributed by atoms with E-state index in [9.17, 15) is 0 Å². The second-order valence-electron chi connectivity index (χ2n) is 5.76. The summed E-state index contributed by atoms with van der Waals surface area (Å²) in [5.74, 6) is 0. The number of hydrogen-bond donors (Lipinski definition) is 1. The molecule has 0 spiro atoms. The zero-order valence-electron chi connectivity index (χ0n) is 10.9. The maximum Gasteiger partial charge on any atom is 0.0220 e. The molecule has 0 bridgehead atoms. The van der Waals surface area contributed by atoms with Gasteiger partial charge in [-0.05, 0) is 52.7 Å². The summed E-state index contributed by atoms with van der Waals surface area (Å²) in [4.78, 5) is 5.20. The van der Waals surface area contributed by atoms with Crippen molar-refractivity contribution in [1.82, 2.24) is 9.80 Å². The summed E-state index contributed by atoms with van der Waals surface area (Å²) in [7, 11) is 2.28. The highest BCUT2D eigenvalue weighted by atomic mass is 15.2. The molecule has 3 heteroatoms. The number of likely N-dealkylation sites (tertiary alicyclic amines) is 2. The van der Waals surface area contributed by atoms with Gasteiger partial charge in [-0.3, -0.25) is 4.90 Å². The molecule has 0 aromatic heterocycles. The summed E-state index contributed by atoms with van der Waals surface area (Å²) in [6, 6.07) is 1.90. The van der Waals surface area contributed by atoms with Gasteiger partial charge >= 0.3 is 0 Å². The van der Waals surface area contributed by atoms with Gasteiger partial charge < -0.3 is 10.6 Å². The fourth-order valence-electron chi connectivity index (χ4n) is 3.17. The number of nitrogens with two attached hydrogens (primary N) is 1. The summed E-state index contributed by atoms with van der Waals surface area (Å²) in [6.07, 6.45) is 6.53. The lowest BCUT2D eigenvalue weighted by Gasteiger charge is -2.41. The van der Waals surface area contributed by atoms with Gasteiger partial charge in [-0.25, -0.2) is 0 Å². The summed E-state index contributed by atoms with van der Waals surface area (Å²) in [5, 5.41) is 0. The topological polar surface area (TPSA) is 32.5 Å². The van der Waals surface area contributed by atoms with Gasteiger partial charge in [0.05, 0.1) is 0 Å². The molecular formula is C13H27N3. The van der Waals surface area contributed by atoms with E-state index >= 15 is 0 Å². The number of nitrogens with zero attached hydrogens (tertiary/aromatic N) is 2. The van der Waals surface area contributed by atoms with Crippen LogP contribution in [0.15, 0.2) is 0 Å². The van der Waals surface area contributed by atoms with Crippen molar-refractivity contribution in [3.63, 3.8) is 0 Å². The summed E-state index contributed by atoms with van der Waals surface area (Å²) >= 11 is 0. The minimum Gasteiger partial charge on any atom is -0.328 e. The van der Waals surface area contributed by atoms with Gasteiger partial charge in [-0.1, -0.05) is 6.42 Å². The number of hydrogen-bond acceptors (Lipinski definition) is 3. The van der Waals surface area contributed by atoms with E-state index in [0.717, 1.165) is 6.04 Å². The molecule has 3 unspecified atom stereocenters. The summed E-state index contributed by atoms with van der Waals surface area (Å²) < 4.78 is 0. The van der Waals surface area contributed by atoms with Crippen molar-refractivity contribution >= 4 is 0 Å². The first-order chi connectivity index (χ1) is 7.66. The molecule has 3 atom stereocenters. The molecule has 0 amide bonds. The highest BCUT2D eigenvalue weighted by Gasteiger charge is 2.27. The standard InChI is InChI=1S/C13H27N3/c1-11-9-12(14)6-8-16(11)10-13-5-3-4-7-15(13)2/h11-13H,3-10,14H2,1-2H3. The Balaban J connectivity index is 1.83. The first kappa shape index (κ1) is 12.3. The Bertz CT molecular complexity index is 219. The fraction of sp³-hybridized carbons (Fsp3) is 1.00. The first-order valence-electron chi connectivity index (χ1n) is 6.86. The van der Waals surface area contributed by atoms with Gasteiger partial charge in [-0.15, -0.1) is 0 Å². The van der Waals surface area contributed by atoms with E-state index in [4.69, 9.17) is 5.73 Å². The predicted molar refractivity (Wildman–Crippen MR) is 68.5 cm³/mol. The lowest BCUT2D eigenvalue weighted by atomic mass is 9.96. The largest absolute Gasteiger partial charge is 0.328 e. The molecule has 3 nitrogen and oxygen atoms in total. The second kappa shape index (κ2) is 5.48. The average molecular weight is 225 g/mol. The molecule has 2 rings (SSSR count). The van der Waals surface area contributed by atoms with Gasteiger partial charge in [0.25, 0.3) is 0 Å². The van der Waals surface area contributed by atoms with Crippen molar-refractivity contribution < 1.29 is 0 Å². The van der Waals surface area contributed by atoms with Crippen molar-refractivity contribution in [2.24, 2.45) is 5.73 Å². The molecular weight excluding hydrogens is 198 g/mol. The van der Waals surface area contributed by atoms with Crippen molar-refractivity contribution in [2.75, 3.05) is 26.7 Å². The normalized spacial score (nSPS) is 38.8. The van der Waals surface area contributed by atoms with E-state index in [1.54, 1.807) is 0 Å². The van der Waals surface area contributed by atoms with E-state index in [1.165, 1.54) is 51.7 Å². The quantitative estimate of drug-likeness (QED) is 0.768. The van der Waals surface area contributed by atoms with Crippen LogP contribution < -0.4 is 5.73 Å². The lowest BCUT2D eigenvalue weighted by molar-refractivity contribution is 0.0821. The maximum atomic E-state index is 6.01. The van der Waals surface area contributed by atoms with Gasteiger partial charge in [0.2, 0.25) is 0 Å². The van der Waals surface area contributed by atoms with Crippen LogP contribution >= 0.6 is 0 Å². The van der Waals surface area contributed by atoms with E-state index < -0.39 is 0 Å². The van der Waals surface area contributed by atoms with E-state index in [0.29, 0.717) is 12.1 Å². The molecule has 0 aromatic carbocycles. The Morgan fingerprint density at radius 3 is 2.69 bits per heavy atom. The van der Waals surface area contributed by atoms with Crippen molar-refractivity contribution in [3.8, 4) is 0 Å². The Morgan fingerprint density at radius 1 is 1.19 bits per heavy atom. The third-order valence-corrected chi connectivity index (χ3v) is 4.42. The molecule has 94 valence electrons. The Labute approximate surface area is 100.0 Å². The number of rotatable bonds is 2. The van der Waals surface area contributed by atoms with Crippen LogP contribution in [0.2, 0.25) is 0 Å². The Morgan fingerprint density at radius 2 is 2.00 bits per heavy atom. The second-order valence-corrected chi connectivity index (χ2v) is 5.76. The van der Waals surface area contributed by atoms with Gasteiger partial charge in [0.1, 0.15) is 0 Å². The van der Waals surface area contributed by atoms with Crippen LogP contribution in [0, 0.1) is 0 Å². The van der Waals surface area contributed by atoms with Crippen LogP contribution in [0.25, 0.3) is 0 Å². The summed E-state index contributed by atoms with van der Waals surface area (Å²) in [6.45, 7) is 6.07. The molecule has 0 aromatic rings. The SMILES string of the molecule is CC1CC(N)CCN1CC1CCCCN1C. The van der Waals surface area contributed by atoms with Crippen LogP contribution in [-0.2, 0) is 0 Å². The minimum atomic E-state index is 0.440. The van der Waals surface area contributed by atoms with Crippen LogP contribution in [0.5, 0.6) is 0 Å². The highest BCUT2D eigenvalue weighted by molar-refractivity contribution is 4.85. The summed E-state index contributed by atoms with van der Waals surface area (Å²) in [5.41, 5.74) is 6.01. The highest BCUT2D eigenvalue weighted by Crippen LogP contribution is 2.21. The van der Waals surface area contributed by atoms with E-state index in [1.807, 2.05) is 0 Å². The molecule has 0 aliphatic carbocycles. The van der Waals surface area contributed by atoms with Crippen LogP contribution in [0.1, 0.15) is 39.0 Å². The third kappa shape index (κ3) is 2.96. The van der Waals surface area contributed by atoms with Gasteiger partial charge in [-0.2, -0.15) is 0 Å². The van der Waals surface area contributed by atoms with Crippen LogP contribution in [0.3, 0.4) is 0 Å². The third-order valence-electron chi connectivity index (χ3n) is 4.42. The Hall–Kier alpha value is -0.120. The van der Waals surface area contributed by atoms with Gasteiger partial charge in [0, 0.05) is 24.7 Å². The number of likely N-dealkylation sites (N-methyl/N-ethyl adjacent to an activating group) is 1. The zero-order valence-corrected chi connectivity index (χ0v) is 10.9. The monoisotopic (exact) mass is 225 g/mol. The maximum absolute atomic E-state index is 6.01. The molecule has 2 saturated heterocycles. The minimum absolute atomic E-state index is 0.440. The molecule has 2 heterocycles. The molecule has 16 heavy (non-hydrogen) atoms. The van der Waals surface area contributed by atoms with Crippen LogP contribution in [0.4, 0.5) is 0 Å². The molecule has 0 saturated carbocycles. The van der Waals surface area contributed by atoms with Crippen molar-refractivity contribution in [1.29, 1.82) is 0 Å². The van der Waals surface area contributed by atoms with Crippen molar-refractivity contribution in [3.05, 3.63) is 0 Å². The molecule has 2 aliphatic rings. The molecule has 0 radical (unpaired) electrons. The fourth-order valence-corrected chi connectivity index (χ4v) is 3.17. The number of piperidine rings is 2. The molecule has 2 fully saturated rings. The molecule has 2 N–H and O–H groups in total. The lowest BCUT2D eigenvalue weighted by Crippen LogP contribution is -2.51. The zero-order chi connectivity index (χ0) is 11.5.